The lowest BCUT2D eigenvalue weighted by atomic mass is 9.97. The average Bonchev–Trinajstić information content (AvgIpc) is 3.30. The first-order valence-electron chi connectivity index (χ1n) is 9.89. The van der Waals surface area contributed by atoms with Gasteiger partial charge in [0.15, 0.2) is 17.5 Å². The van der Waals surface area contributed by atoms with E-state index in [1.165, 1.54) is 6.07 Å². The number of rotatable bonds is 5. The summed E-state index contributed by atoms with van der Waals surface area (Å²) < 4.78 is 61.5. The number of halogens is 5. The van der Waals surface area contributed by atoms with Crippen molar-refractivity contribution in [1.29, 1.82) is 5.26 Å². The lowest BCUT2D eigenvalue weighted by Crippen LogP contribution is -2.55. The number of thioether (sulfide) groups is 1. The van der Waals surface area contributed by atoms with Gasteiger partial charge in [-0.05, 0) is 24.3 Å². The van der Waals surface area contributed by atoms with Crippen LogP contribution in [-0.2, 0) is 4.74 Å². The van der Waals surface area contributed by atoms with Crippen molar-refractivity contribution in [2.75, 3.05) is 6.61 Å². The zero-order valence-electron chi connectivity index (χ0n) is 17.3. The standard InChI is InChI=1S/C21H15ClF4N4O4S/c22-10-4-16(11(23)3-9(10)5-27)35-21-20(33)18(19(32)15(7-31)34-21)30-6-14(28-29-30)8-1-12(24)17(26)13(25)2-8/h1-4,6,15,18-21,31-33H,7H2/t15?,18?,19-,20-,21+/m0/s1. The molecule has 0 amide bonds. The number of nitrogens with zero attached hydrogens (tertiary/aromatic N) is 4. The summed E-state index contributed by atoms with van der Waals surface area (Å²) in [6, 6.07) is 3.95. The molecule has 2 aromatic carbocycles. The van der Waals surface area contributed by atoms with Crippen molar-refractivity contribution in [3.8, 4) is 17.3 Å². The van der Waals surface area contributed by atoms with Gasteiger partial charge in [0.25, 0.3) is 0 Å². The number of hydrogen-bond donors (Lipinski definition) is 3. The van der Waals surface area contributed by atoms with E-state index in [4.69, 9.17) is 21.6 Å². The van der Waals surface area contributed by atoms with Gasteiger partial charge >= 0.3 is 0 Å². The summed E-state index contributed by atoms with van der Waals surface area (Å²) in [7, 11) is 0. The van der Waals surface area contributed by atoms with Crippen LogP contribution in [-0.4, -0.2) is 60.7 Å². The maximum Gasteiger partial charge on any atom is 0.194 e. The topological polar surface area (TPSA) is 124 Å². The molecule has 1 aliphatic rings. The Morgan fingerprint density at radius 2 is 1.77 bits per heavy atom. The zero-order chi connectivity index (χ0) is 25.4. The van der Waals surface area contributed by atoms with Crippen LogP contribution in [0.2, 0.25) is 5.02 Å². The summed E-state index contributed by atoms with van der Waals surface area (Å²) in [4.78, 5) is -0.0681. The molecule has 4 rings (SSSR count). The molecule has 1 aliphatic heterocycles. The summed E-state index contributed by atoms with van der Waals surface area (Å²) >= 11 is 6.66. The summed E-state index contributed by atoms with van der Waals surface area (Å²) in [5.41, 5.74) is -1.58. The minimum absolute atomic E-state index is 0.0309. The first kappa shape index (κ1) is 25.4. The molecule has 0 aliphatic carbocycles. The summed E-state index contributed by atoms with van der Waals surface area (Å²) in [5, 5.41) is 47.8. The lowest BCUT2D eigenvalue weighted by molar-refractivity contribution is -0.178. The highest BCUT2D eigenvalue weighted by molar-refractivity contribution is 7.99. The van der Waals surface area contributed by atoms with Crippen molar-refractivity contribution >= 4 is 23.4 Å². The molecule has 1 aromatic heterocycles. The van der Waals surface area contributed by atoms with Crippen LogP contribution < -0.4 is 0 Å². The van der Waals surface area contributed by atoms with Crippen LogP contribution in [0.5, 0.6) is 0 Å². The first-order chi connectivity index (χ1) is 16.6. The van der Waals surface area contributed by atoms with Gasteiger partial charge in [-0.2, -0.15) is 5.26 Å². The van der Waals surface area contributed by atoms with Crippen molar-refractivity contribution in [2.24, 2.45) is 0 Å². The van der Waals surface area contributed by atoms with E-state index < -0.39 is 59.7 Å². The minimum atomic E-state index is -1.66. The number of hydrogen-bond acceptors (Lipinski definition) is 8. The van der Waals surface area contributed by atoms with Crippen LogP contribution in [0.1, 0.15) is 11.6 Å². The number of aromatic nitrogens is 3. The molecular weight excluding hydrogens is 516 g/mol. The number of aliphatic hydroxyl groups is 3. The van der Waals surface area contributed by atoms with Crippen LogP contribution in [0, 0.1) is 34.6 Å². The van der Waals surface area contributed by atoms with E-state index in [0.29, 0.717) is 23.9 Å². The van der Waals surface area contributed by atoms with Gasteiger partial charge in [0.1, 0.15) is 47.4 Å². The molecule has 184 valence electrons. The number of aliphatic hydroxyl groups excluding tert-OH is 3. The molecule has 14 heteroatoms. The van der Waals surface area contributed by atoms with E-state index in [-0.39, 0.29) is 26.7 Å². The van der Waals surface area contributed by atoms with E-state index in [1.807, 2.05) is 0 Å². The van der Waals surface area contributed by atoms with E-state index in [0.717, 1.165) is 16.9 Å². The fraction of sp³-hybridized carbons (Fsp3) is 0.286. The van der Waals surface area contributed by atoms with Crippen LogP contribution in [0.15, 0.2) is 35.4 Å². The Morgan fingerprint density at radius 1 is 1.09 bits per heavy atom. The Morgan fingerprint density at radius 3 is 2.40 bits per heavy atom. The van der Waals surface area contributed by atoms with Crippen LogP contribution >= 0.6 is 23.4 Å². The van der Waals surface area contributed by atoms with Crippen LogP contribution in [0.25, 0.3) is 11.3 Å². The van der Waals surface area contributed by atoms with Gasteiger partial charge in [-0.3, -0.25) is 0 Å². The number of ether oxygens (including phenoxy) is 1. The highest BCUT2D eigenvalue weighted by atomic mass is 35.5. The predicted molar refractivity (Wildman–Crippen MR) is 114 cm³/mol. The van der Waals surface area contributed by atoms with Crippen LogP contribution in [0.4, 0.5) is 17.6 Å². The molecule has 1 saturated heterocycles. The third kappa shape index (κ3) is 4.86. The summed E-state index contributed by atoms with van der Waals surface area (Å²) in [5.74, 6) is -5.35. The van der Waals surface area contributed by atoms with Gasteiger partial charge < -0.3 is 20.1 Å². The molecule has 8 nitrogen and oxygen atoms in total. The van der Waals surface area contributed by atoms with Gasteiger partial charge in [-0.1, -0.05) is 28.6 Å². The second kappa shape index (κ2) is 10.1. The van der Waals surface area contributed by atoms with E-state index in [9.17, 15) is 32.9 Å². The maximum atomic E-state index is 14.5. The van der Waals surface area contributed by atoms with Gasteiger partial charge in [0, 0.05) is 10.5 Å². The SMILES string of the molecule is N#Cc1cc(F)c(S[C@H]2OC(CO)[C@H](O)C(n3cc(-c4cc(F)c(F)c(F)c4)nn3)[C@@H]2O)cc1Cl. The second-order valence-corrected chi connectivity index (χ2v) is 9.07. The molecule has 35 heavy (non-hydrogen) atoms. The van der Waals surface area contributed by atoms with E-state index in [1.54, 1.807) is 6.07 Å². The smallest absolute Gasteiger partial charge is 0.194 e. The minimum Gasteiger partial charge on any atom is -0.394 e. The highest BCUT2D eigenvalue weighted by Crippen LogP contribution is 2.40. The third-order valence-electron chi connectivity index (χ3n) is 5.33. The second-order valence-electron chi connectivity index (χ2n) is 7.53. The molecule has 5 atom stereocenters. The Labute approximate surface area is 204 Å². The number of benzene rings is 2. The first-order valence-corrected chi connectivity index (χ1v) is 11.1. The molecule has 1 fully saturated rings. The lowest BCUT2D eigenvalue weighted by Gasteiger charge is -2.41. The van der Waals surface area contributed by atoms with Gasteiger partial charge in [0.2, 0.25) is 0 Å². The van der Waals surface area contributed by atoms with Crippen molar-refractivity contribution in [3.63, 3.8) is 0 Å². The molecular formula is C21H15ClF4N4O4S. The molecule has 0 radical (unpaired) electrons. The van der Waals surface area contributed by atoms with E-state index >= 15 is 0 Å². The molecule has 2 heterocycles. The summed E-state index contributed by atoms with van der Waals surface area (Å²) in [6.07, 6.45) is -3.14. The van der Waals surface area contributed by atoms with Gasteiger partial charge in [-0.15, -0.1) is 5.10 Å². The van der Waals surface area contributed by atoms with Crippen molar-refractivity contribution < 1.29 is 37.6 Å². The molecule has 2 unspecified atom stereocenters. The Kier molecular flexibility index (Phi) is 7.32. The van der Waals surface area contributed by atoms with Gasteiger partial charge in [-0.25, -0.2) is 22.2 Å². The monoisotopic (exact) mass is 530 g/mol. The average molecular weight is 531 g/mol. The van der Waals surface area contributed by atoms with Gasteiger partial charge in [0.05, 0.1) is 23.4 Å². The fourth-order valence-corrected chi connectivity index (χ4v) is 4.94. The zero-order valence-corrected chi connectivity index (χ0v) is 18.9. The molecule has 0 bridgehead atoms. The normalized spacial score (nSPS) is 24.4. The molecule has 3 N–H and O–H groups in total. The Balaban J connectivity index is 1.65. The fourth-order valence-electron chi connectivity index (χ4n) is 3.57. The van der Waals surface area contributed by atoms with E-state index in [2.05, 4.69) is 10.3 Å². The van der Waals surface area contributed by atoms with Crippen molar-refractivity contribution in [2.45, 2.75) is 34.7 Å². The molecule has 3 aromatic rings. The Bertz CT molecular complexity index is 1280. The molecule has 0 saturated carbocycles. The quantitative estimate of drug-likeness (QED) is 0.340. The van der Waals surface area contributed by atoms with Crippen molar-refractivity contribution in [1.82, 2.24) is 15.0 Å². The predicted octanol–water partition coefficient (Wildman–Crippen LogP) is 2.80. The third-order valence-corrected chi connectivity index (χ3v) is 6.83. The van der Waals surface area contributed by atoms with Crippen molar-refractivity contribution in [3.05, 3.63) is 64.3 Å². The number of nitriles is 1. The largest absolute Gasteiger partial charge is 0.394 e. The van der Waals surface area contributed by atoms with Crippen LogP contribution in [0.3, 0.4) is 0 Å². The highest BCUT2D eigenvalue weighted by Gasteiger charge is 2.46. The summed E-state index contributed by atoms with van der Waals surface area (Å²) in [6.45, 7) is -0.673. The molecule has 0 spiro atoms. The maximum absolute atomic E-state index is 14.5. The Hall–Kier alpha value is -2.73.